The summed E-state index contributed by atoms with van der Waals surface area (Å²) in [6.45, 7) is 2.35. The van der Waals surface area contributed by atoms with Gasteiger partial charge in [0.15, 0.2) is 0 Å². The average Bonchev–Trinajstić information content (AvgIpc) is 2.28. The first kappa shape index (κ1) is 15.6. The number of rotatable bonds is 5. The minimum absolute atomic E-state index is 0.0414. The molecule has 0 spiro atoms. The minimum atomic E-state index is -4.74. The van der Waals surface area contributed by atoms with E-state index in [-0.39, 0.29) is 22.7 Å². The van der Waals surface area contributed by atoms with Crippen LogP contribution in [-0.2, 0) is 4.79 Å². The lowest BCUT2D eigenvalue weighted by atomic mass is 10.3. The van der Waals surface area contributed by atoms with Crippen LogP contribution in [0.1, 0.15) is 6.92 Å². The van der Waals surface area contributed by atoms with E-state index < -0.39 is 6.36 Å². The summed E-state index contributed by atoms with van der Waals surface area (Å²) in [5, 5.41) is 5.37. The molecular formula is C11H12BrF3N2O2. The van der Waals surface area contributed by atoms with E-state index in [0.717, 1.165) is 6.07 Å². The van der Waals surface area contributed by atoms with Crippen LogP contribution < -0.4 is 15.4 Å². The fraction of sp³-hybridized carbons (Fsp3) is 0.364. The van der Waals surface area contributed by atoms with Gasteiger partial charge in [-0.05, 0) is 41.1 Å². The van der Waals surface area contributed by atoms with Crippen molar-refractivity contribution in [2.24, 2.45) is 0 Å². The molecule has 1 rings (SSSR count). The molecule has 8 heteroatoms. The fourth-order valence-corrected chi connectivity index (χ4v) is 1.72. The van der Waals surface area contributed by atoms with Crippen molar-refractivity contribution in [2.75, 3.05) is 18.4 Å². The van der Waals surface area contributed by atoms with Crippen LogP contribution in [0.5, 0.6) is 5.75 Å². The number of nitrogens with one attached hydrogen (secondary N) is 2. The Balaban J connectivity index is 2.64. The van der Waals surface area contributed by atoms with Gasteiger partial charge in [-0.15, -0.1) is 13.2 Å². The van der Waals surface area contributed by atoms with E-state index >= 15 is 0 Å². The predicted molar refractivity (Wildman–Crippen MR) is 68.0 cm³/mol. The maximum absolute atomic E-state index is 12.0. The molecule has 0 unspecified atom stereocenters. The zero-order valence-corrected chi connectivity index (χ0v) is 11.6. The Morgan fingerprint density at radius 2 is 2.11 bits per heavy atom. The first-order valence-electron chi connectivity index (χ1n) is 5.37. The highest BCUT2D eigenvalue weighted by Crippen LogP contribution is 2.32. The van der Waals surface area contributed by atoms with Crippen molar-refractivity contribution in [1.82, 2.24) is 5.32 Å². The summed E-state index contributed by atoms with van der Waals surface area (Å²) >= 11 is 2.97. The lowest BCUT2D eigenvalue weighted by molar-refractivity contribution is -0.274. The molecule has 0 atom stereocenters. The second-order valence-corrected chi connectivity index (χ2v) is 4.35. The van der Waals surface area contributed by atoms with Gasteiger partial charge in [-0.2, -0.15) is 0 Å². The van der Waals surface area contributed by atoms with Crippen LogP contribution in [0.25, 0.3) is 0 Å². The van der Waals surface area contributed by atoms with Crippen molar-refractivity contribution in [2.45, 2.75) is 13.3 Å². The molecule has 0 bridgehead atoms. The number of hydrogen-bond donors (Lipinski definition) is 2. The lowest BCUT2D eigenvalue weighted by Crippen LogP contribution is -2.29. The molecule has 0 aliphatic heterocycles. The number of likely N-dealkylation sites (N-methyl/N-ethyl adjacent to an activating group) is 1. The second-order valence-electron chi connectivity index (χ2n) is 3.50. The Labute approximate surface area is 116 Å². The number of hydrogen-bond acceptors (Lipinski definition) is 3. The van der Waals surface area contributed by atoms with Crippen molar-refractivity contribution in [1.29, 1.82) is 0 Å². The molecule has 19 heavy (non-hydrogen) atoms. The van der Waals surface area contributed by atoms with Crippen LogP contribution in [0.2, 0.25) is 0 Å². The maximum atomic E-state index is 12.0. The summed E-state index contributed by atoms with van der Waals surface area (Å²) in [5.74, 6) is -0.537. The van der Waals surface area contributed by atoms with E-state index in [1.807, 2.05) is 0 Å². The van der Waals surface area contributed by atoms with Gasteiger partial charge in [0.25, 0.3) is 0 Å². The Morgan fingerprint density at radius 3 is 2.63 bits per heavy atom. The smallest absolute Gasteiger partial charge is 0.405 e. The Bertz CT molecular complexity index is 452. The highest BCUT2D eigenvalue weighted by atomic mass is 79.9. The summed E-state index contributed by atoms with van der Waals surface area (Å²) in [7, 11) is 0. The average molecular weight is 341 g/mol. The highest BCUT2D eigenvalue weighted by molar-refractivity contribution is 9.10. The highest BCUT2D eigenvalue weighted by Gasteiger charge is 2.31. The molecule has 0 aliphatic rings. The normalized spacial score (nSPS) is 11.0. The Morgan fingerprint density at radius 1 is 1.42 bits per heavy atom. The molecule has 0 aromatic heterocycles. The number of carbonyl (C=O) groups is 1. The maximum Gasteiger partial charge on any atom is 0.573 e. The molecule has 2 N–H and O–H groups in total. The van der Waals surface area contributed by atoms with E-state index in [2.05, 4.69) is 31.3 Å². The van der Waals surface area contributed by atoms with Gasteiger partial charge >= 0.3 is 6.36 Å². The summed E-state index contributed by atoms with van der Waals surface area (Å²) in [4.78, 5) is 11.2. The number of benzene rings is 1. The first-order valence-corrected chi connectivity index (χ1v) is 6.17. The van der Waals surface area contributed by atoms with Crippen LogP contribution in [0, 0.1) is 0 Å². The van der Waals surface area contributed by atoms with Gasteiger partial charge in [0, 0.05) is 12.2 Å². The number of ether oxygens (including phenoxy) is 1. The third kappa shape index (κ3) is 5.82. The van der Waals surface area contributed by atoms with Gasteiger partial charge < -0.3 is 15.4 Å². The SMILES string of the molecule is CCNC(=O)CNc1ccc(OC(F)(F)F)c(Br)c1. The third-order valence-corrected chi connectivity index (χ3v) is 2.60. The van der Waals surface area contributed by atoms with Crippen molar-refractivity contribution < 1.29 is 22.7 Å². The monoisotopic (exact) mass is 340 g/mol. The topological polar surface area (TPSA) is 50.4 Å². The zero-order valence-electron chi connectivity index (χ0n) is 9.97. The van der Waals surface area contributed by atoms with Gasteiger partial charge in [0.2, 0.25) is 5.91 Å². The van der Waals surface area contributed by atoms with Crippen molar-refractivity contribution in [3.63, 3.8) is 0 Å². The zero-order chi connectivity index (χ0) is 14.5. The third-order valence-electron chi connectivity index (χ3n) is 1.98. The fourth-order valence-electron chi connectivity index (χ4n) is 1.26. The molecule has 1 amide bonds. The van der Waals surface area contributed by atoms with Gasteiger partial charge in [-0.25, -0.2) is 0 Å². The van der Waals surface area contributed by atoms with Gasteiger partial charge in [-0.1, -0.05) is 0 Å². The molecule has 4 nitrogen and oxygen atoms in total. The molecule has 0 radical (unpaired) electrons. The van der Waals surface area contributed by atoms with E-state index in [1.165, 1.54) is 12.1 Å². The molecular weight excluding hydrogens is 329 g/mol. The lowest BCUT2D eigenvalue weighted by Gasteiger charge is -2.12. The molecule has 1 aromatic carbocycles. The van der Waals surface area contributed by atoms with Gasteiger partial charge in [-0.3, -0.25) is 4.79 Å². The Hall–Kier alpha value is -1.44. The van der Waals surface area contributed by atoms with Crippen molar-refractivity contribution >= 4 is 27.5 Å². The van der Waals surface area contributed by atoms with E-state index in [0.29, 0.717) is 12.2 Å². The molecule has 0 heterocycles. The summed E-state index contributed by atoms with van der Waals surface area (Å²) in [6, 6.07) is 3.96. The molecule has 1 aromatic rings. The van der Waals surface area contributed by atoms with Crippen LogP contribution in [0.15, 0.2) is 22.7 Å². The van der Waals surface area contributed by atoms with Gasteiger partial charge in [0.1, 0.15) is 5.75 Å². The minimum Gasteiger partial charge on any atom is -0.405 e. The first-order chi connectivity index (χ1) is 8.81. The number of halogens is 4. The predicted octanol–water partition coefficient (Wildman–Crippen LogP) is 2.90. The largest absolute Gasteiger partial charge is 0.573 e. The molecule has 0 saturated heterocycles. The molecule has 106 valence electrons. The van der Waals surface area contributed by atoms with Crippen LogP contribution >= 0.6 is 15.9 Å². The second kappa shape index (κ2) is 6.65. The molecule has 0 aliphatic carbocycles. The molecule has 0 saturated carbocycles. The standard InChI is InChI=1S/C11H12BrF3N2O2/c1-2-16-10(18)6-17-7-3-4-9(8(12)5-7)19-11(13,14)15/h3-5,17H,2,6H2,1H3,(H,16,18). The summed E-state index contributed by atoms with van der Waals surface area (Å²) in [5.41, 5.74) is 0.507. The van der Waals surface area contributed by atoms with E-state index in [9.17, 15) is 18.0 Å². The van der Waals surface area contributed by atoms with Crippen LogP contribution in [-0.4, -0.2) is 25.4 Å². The Kier molecular flexibility index (Phi) is 5.46. The number of carbonyl (C=O) groups excluding carboxylic acids is 1. The van der Waals surface area contributed by atoms with Crippen molar-refractivity contribution in [3.05, 3.63) is 22.7 Å². The quantitative estimate of drug-likeness (QED) is 0.866. The van der Waals surface area contributed by atoms with E-state index in [1.54, 1.807) is 6.92 Å². The van der Waals surface area contributed by atoms with Crippen LogP contribution in [0.4, 0.5) is 18.9 Å². The number of alkyl halides is 3. The molecule has 0 fully saturated rings. The van der Waals surface area contributed by atoms with Gasteiger partial charge in [0.05, 0.1) is 11.0 Å². The van der Waals surface area contributed by atoms with Crippen LogP contribution in [0.3, 0.4) is 0 Å². The summed E-state index contributed by atoms with van der Waals surface area (Å²) < 4.78 is 40.1. The summed E-state index contributed by atoms with van der Waals surface area (Å²) in [6.07, 6.45) is -4.74. The number of amides is 1. The van der Waals surface area contributed by atoms with E-state index in [4.69, 9.17) is 0 Å². The van der Waals surface area contributed by atoms with Crippen molar-refractivity contribution in [3.8, 4) is 5.75 Å². The number of anilines is 1.